The van der Waals surface area contributed by atoms with Crippen LogP contribution < -0.4 is 5.32 Å². The Hall–Kier alpha value is -0.990. The molecule has 2 heterocycles. The van der Waals surface area contributed by atoms with Crippen LogP contribution in [0.3, 0.4) is 0 Å². The van der Waals surface area contributed by atoms with E-state index in [1.807, 2.05) is 25.4 Å². The number of benzene rings is 1. The normalized spacial score (nSPS) is 19.0. The third-order valence-corrected chi connectivity index (χ3v) is 7.00. The standard InChI is InChI=1S/C16H21N3O2S2.ClH/c1-12-11-22-16(18-12)13-5-3-7-15(9-13)23(20,21)19-8-4-6-14(10-19)17-2;/h3,5,7,9,11,14,17H,4,6,8,10H2,1-2H3;1H. The van der Waals surface area contributed by atoms with Crippen molar-refractivity contribution in [3.05, 3.63) is 35.3 Å². The zero-order valence-corrected chi connectivity index (χ0v) is 16.2. The third-order valence-electron chi connectivity index (χ3n) is 4.13. The number of piperidine rings is 1. The molecule has 0 aliphatic carbocycles. The van der Waals surface area contributed by atoms with E-state index in [4.69, 9.17) is 0 Å². The number of aromatic nitrogens is 1. The molecule has 1 saturated heterocycles. The van der Waals surface area contributed by atoms with Crippen LogP contribution in [0.2, 0.25) is 0 Å². The number of sulfonamides is 1. The number of nitrogens with zero attached hydrogens (tertiary/aromatic N) is 2. The molecule has 1 aliphatic rings. The van der Waals surface area contributed by atoms with Crippen LogP contribution in [0.5, 0.6) is 0 Å². The zero-order chi connectivity index (χ0) is 16.4. The van der Waals surface area contributed by atoms with Crippen molar-refractivity contribution in [2.45, 2.75) is 30.7 Å². The Bertz CT molecular complexity index is 792. The molecule has 24 heavy (non-hydrogen) atoms. The first kappa shape index (κ1) is 19.3. The molecule has 1 aliphatic heterocycles. The highest BCUT2D eigenvalue weighted by molar-refractivity contribution is 7.89. The predicted molar refractivity (Wildman–Crippen MR) is 100 cm³/mol. The number of nitrogens with one attached hydrogen (secondary N) is 1. The van der Waals surface area contributed by atoms with Gasteiger partial charge >= 0.3 is 0 Å². The monoisotopic (exact) mass is 387 g/mol. The molecule has 1 unspecified atom stereocenters. The molecular weight excluding hydrogens is 366 g/mol. The summed E-state index contributed by atoms with van der Waals surface area (Å²) in [4.78, 5) is 4.79. The summed E-state index contributed by atoms with van der Waals surface area (Å²) in [7, 11) is -1.58. The van der Waals surface area contributed by atoms with Crippen molar-refractivity contribution in [3.8, 4) is 10.6 Å². The van der Waals surface area contributed by atoms with E-state index in [9.17, 15) is 8.42 Å². The second kappa shape index (κ2) is 7.93. The fraction of sp³-hybridized carbons (Fsp3) is 0.438. The van der Waals surface area contributed by atoms with Gasteiger partial charge in [-0.3, -0.25) is 0 Å². The molecule has 1 aromatic heterocycles. The van der Waals surface area contributed by atoms with Gasteiger partial charge < -0.3 is 5.32 Å². The average molecular weight is 388 g/mol. The fourth-order valence-electron chi connectivity index (χ4n) is 2.82. The number of aryl methyl sites for hydroxylation is 1. The summed E-state index contributed by atoms with van der Waals surface area (Å²) in [6, 6.07) is 7.32. The van der Waals surface area contributed by atoms with Gasteiger partial charge in [0.15, 0.2) is 0 Å². The molecule has 1 aromatic carbocycles. The predicted octanol–water partition coefficient (Wildman–Crippen LogP) is 2.91. The first-order valence-electron chi connectivity index (χ1n) is 7.70. The molecular formula is C16H22ClN3O2S2. The molecule has 0 saturated carbocycles. The topological polar surface area (TPSA) is 62.3 Å². The lowest BCUT2D eigenvalue weighted by molar-refractivity contribution is 0.293. The average Bonchev–Trinajstić information content (AvgIpc) is 3.01. The smallest absolute Gasteiger partial charge is 0.243 e. The van der Waals surface area contributed by atoms with Gasteiger partial charge in [-0.05, 0) is 38.9 Å². The second-order valence-electron chi connectivity index (χ2n) is 5.81. The molecule has 8 heteroatoms. The van der Waals surface area contributed by atoms with Crippen LogP contribution in [0, 0.1) is 6.92 Å². The summed E-state index contributed by atoms with van der Waals surface area (Å²) in [5, 5.41) is 6.01. The summed E-state index contributed by atoms with van der Waals surface area (Å²) in [6.07, 6.45) is 1.90. The third kappa shape index (κ3) is 3.97. The molecule has 0 radical (unpaired) electrons. The molecule has 0 bridgehead atoms. The summed E-state index contributed by atoms with van der Waals surface area (Å²) < 4.78 is 27.4. The Kier molecular flexibility index (Phi) is 6.39. The number of hydrogen-bond donors (Lipinski definition) is 1. The van der Waals surface area contributed by atoms with Crippen molar-refractivity contribution < 1.29 is 8.42 Å². The van der Waals surface area contributed by atoms with Gasteiger partial charge in [-0.2, -0.15) is 4.31 Å². The lowest BCUT2D eigenvalue weighted by Gasteiger charge is -2.31. The summed E-state index contributed by atoms with van der Waals surface area (Å²) in [5.41, 5.74) is 1.80. The molecule has 1 fully saturated rings. The summed E-state index contributed by atoms with van der Waals surface area (Å²) >= 11 is 1.53. The van der Waals surface area contributed by atoms with Crippen molar-refractivity contribution in [3.63, 3.8) is 0 Å². The van der Waals surface area contributed by atoms with Crippen molar-refractivity contribution >= 4 is 33.8 Å². The van der Waals surface area contributed by atoms with Gasteiger partial charge in [-0.1, -0.05) is 12.1 Å². The maximum absolute atomic E-state index is 12.9. The van der Waals surface area contributed by atoms with Crippen molar-refractivity contribution in [2.75, 3.05) is 20.1 Å². The van der Waals surface area contributed by atoms with Gasteiger partial charge in [0.1, 0.15) is 5.01 Å². The Labute approximate surface area is 153 Å². The van der Waals surface area contributed by atoms with E-state index in [-0.39, 0.29) is 18.4 Å². The van der Waals surface area contributed by atoms with Crippen molar-refractivity contribution in [1.29, 1.82) is 0 Å². The zero-order valence-electron chi connectivity index (χ0n) is 13.7. The minimum absolute atomic E-state index is 0. The van der Waals surface area contributed by atoms with Crippen LogP contribution in [0.25, 0.3) is 10.6 Å². The van der Waals surface area contributed by atoms with Crippen LogP contribution in [0.4, 0.5) is 0 Å². The highest BCUT2D eigenvalue weighted by Crippen LogP contribution is 2.28. The van der Waals surface area contributed by atoms with E-state index in [0.29, 0.717) is 18.0 Å². The second-order valence-corrected chi connectivity index (χ2v) is 8.61. The van der Waals surface area contributed by atoms with Gasteiger partial charge in [0.2, 0.25) is 10.0 Å². The summed E-state index contributed by atoms with van der Waals surface area (Å²) in [6.45, 7) is 3.05. The van der Waals surface area contributed by atoms with Crippen molar-refractivity contribution in [1.82, 2.24) is 14.6 Å². The van der Waals surface area contributed by atoms with Gasteiger partial charge in [-0.15, -0.1) is 23.7 Å². The number of likely N-dealkylation sites (N-methyl/N-ethyl adjacent to an activating group) is 1. The Morgan fingerprint density at radius 1 is 1.38 bits per heavy atom. The maximum Gasteiger partial charge on any atom is 0.243 e. The fourth-order valence-corrected chi connectivity index (χ4v) is 5.19. The number of rotatable bonds is 4. The van der Waals surface area contributed by atoms with Crippen LogP contribution >= 0.6 is 23.7 Å². The van der Waals surface area contributed by atoms with Gasteiger partial charge in [-0.25, -0.2) is 13.4 Å². The molecule has 1 atom stereocenters. The summed E-state index contributed by atoms with van der Waals surface area (Å²) in [5.74, 6) is 0. The number of hydrogen-bond acceptors (Lipinski definition) is 5. The molecule has 0 spiro atoms. The van der Waals surface area contributed by atoms with E-state index < -0.39 is 10.0 Å². The lowest BCUT2D eigenvalue weighted by Crippen LogP contribution is -2.46. The van der Waals surface area contributed by atoms with E-state index in [1.165, 1.54) is 11.3 Å². The van der Waals surface area contributed by atoms with Crippen LogP contribution in [0.1, 0.15) is 18.5 Å². The number of thiazole rings is 1. The van der Waals surface area contributed by atoms with Crippen LogP contribution in [-0.4, -0.2) is 43.9 Å². The largest absolute Gasteiger partial charge is 0.316 e. The highest BCUT2D eigenvalue weighted by Gasteiger charge is 2.29. The van der Waals surface area contributed by atoms with Crippen LogP contribution in [0.15, 0.2) is 34.5 Å². The first-order valence-corrected chi connectivity index (χ1v) is 10.0. The van der Waals surface area contributed by atoms with Gasteiger partial charge in [0.25, 0.3) is 0 Å². The van der Waals surface area contributed by atoms with E-state index in [2.05, 4.69) is 10.3 Å². The van der Waals surface area contributed by atoms with E-state index >= 15 is 0 Å². The van der Waals surface area contributed by atoms with E-state index in [1.54, 1.807) is 22.5 Å². The maximum atomic E-state index is 12.9. The minimum atomic E-state index is -3.46. The molecule has 3 rings (SSSR count). The Balaban J connectivity index is 0.00000208. The molecule has 0 amide bonds. The quantitative estimate of drug-likeness (QED) is 0.876. The number of halogens is 1. The van der Waals surface area contributed by atoms with Crippen molar-refractivity contribution in [2.24, 2.45) is 0 Å². The minimum Gasteiger partial charge on any atom is -0.316 e. The SMILES string of the molecule is CNC1CCCN(S(=O)(=O)c2cccc(-c3nc(C)cs3)c2)C1.Cl. The molecule has 5 nitrogen and oxygen atoms in total. The molecule has 1 N–H and O–H groups in total. The Morgan fingerprint density at radius 3 is 2.83 bits per heavy atom. The van der Waals surface area contributed by atoms with E-state index in [0.717, 1.165) is 29.1 Å². The van der Waals surface area contributed by atoms with Gasteiger partial charge in [0, 0.05) is 35.8 Å². The lowest BCUT2D eigenvalue weighted by atomic mass is 10.1. The highest BCUT2D eigenvalue weighted by atomic mass is 35.5. The first-order chi connectivity index (χ1) is 11.0. The molecule has 2 aromatic rings. The molecule has 132 valence electrons. The van der Waals surface area contributed by atoms with Gasteiger partial charge in [0.05, 0.1) is 4.90 Å². The van der Waals surface area contributed by atoms with Crippen LogP contribution in [-0.2, 0) is 10.0 Å². The Morgan fingerprint density at radius 2 is 2.17 bits per heavy atom.